The molecule has 120 valence electrons. The van der Waals surface area contributed by atoms with Crippen LogP contribution in [0.3, 0.4) is 0 Å². The van der Waals surface area contributed by atoms with E-state index in [1.165, 1.54) is 33.8 Å². The fraction of sp³-hybridized carbons (Fsp3) is 0.600. The molecule has 0 aromatic heterocycles. The van der Waals surface area contributed by atoms with E-state index >= 15 is 0 Å². The van der Waals surface area contributed by atoms with E-state index in [1.54, 1.807) is 0 Å². The molecule has 0 bridgehead atoms. The van der Waals surface area contributed by atoms with Crippen LogP contribution >= 0.6 is 0 Å². The van der Waals surface area contributed by atoms with Gasteiger partial charge in [0.2, 0.25) is 0 Å². The molecule has 0 fully saturated rings. The van der Waals surface area contributed by atoms with Crippen molar-refractivity contribution in [3.63, 3.8) is 0 Å². The summed E-state index contributed by atoms with van der Waals surface area (Å²) in [6.07, 6.45) is 7.66. The second-order valence-corrected chi connectivity index (χ2v) is 9.25. The van der Waals surface area contributed by atoms with E-state index in [0.29, 0.717) is 6.42 Å². The summed E-state index contributed by atoms with van der Waals surface area (Å²) < 4.78 is 37.6. The van der Waals surface area contributed by atoms with Crippen LogP contribution in [0.1, 0.15) is 44.9 Å². The maximum absolute atomic E-state index is 10.2. The molecular weight excluding hydrogens is 427 g/mol. The van der Waals surface area contributed by atoms with Crippen LogP contribution in [0.4, 0.5) is 0 Å². The summed E-state index contributed by atoms with van der Waals surface area (Å²) in [5, 5.41) is 0. The van der Waals surface area contributed by atoms with Gasteiger partial charge < -0.3 is 0 Å². The van der Waals surface area contributed by atoms with Crippen molar-refractivity contribution < 1.29 is 46.7 Å². The zero-order valence-corrected chi connectivity index (χ0v) is 18.3. The summed E-state index contributed by atoms with van der Waals surface area (Å²) in [6.45, 7) is 0.0220. The monoisotopic (exact) mass is 452 g/mol. The average molecular weight is 450 g/mol. The molecular formula is C15H23NaO4STe. The molecule has 0 radical (unpaired) electrons. The molecule has 0 atom stereocenters. The molecule has 0 aliphatic rings. The van der Waals surface area contributed by atoms with Gasteiger partial charge in [-0.15, -0.1) is 0 Å². The van der Waals surface area contributed by atoms with Crippen LogP contribution in [0.25, 0.3) is 0 Å². The Kier molecular flexibility index (Phi) is 14.8. The fourth-order valence-corrected chi connectivity index (χ4v) is 4.94. The predicted molar refractivity (Wildman–Crippen MR) is 84.6 cm³/mol. The molecule has 7 heteroatoms. The van der Waals surface area contributed by atoms with Crippen molar-refractivity contribution in [2.45, 2.75) is 49.4 Å². The second kappa shape index (κ2) is 14.2. The summed E-state index contributed by atoms with van der Waals surface area (Å²) in [6, 6.07) is 10.7. The number of benzene rings is 1. The van der Waals surface area contributed by atoms with Crippen molar-refractivity contribution in [2.24, 2.45) is 0 Å². The molecule has 0 saturated heterocycles. The third-order valence-electron chi connectivity index (χ3n) is 3.03. The van der Waals surface area contributed by atoms with Gasteiger partial charge in [0.1, 0.15) is 0 Å². The molecule has 0 amide bonds. The average Bonchev–Trinajstić information content (AvgIpc) is 2.44. The van der Waals surface area contributed by atoms with Crippen molar-refractivity contribution in [3.05, 3.63) is 30.3 Å². The number of hydrogen-bond acceptors (Lipinski definition) is 4. The van der Waals surface area contributed by atoms with Crippen LogP contribution in [0.5, 0.6) is 0 Å². The number of rotatable bonds is 12. The number of hydrogen-bond donors (Lipinski definition) is 0. The minimum Gasteiger partial charge on any atom is 1.00 e. The van der Waals surface area contributed by atoms with Crippen LogP contribution < -0.4 is 33.2 Å². The van der Waals surface area contributed by atoms with Gasteiger partial charge in [-0.05, 0) is 0 Å². The van der Waals surface area contributed by atoms with Crippen molar-refractivity contribution >= 4 is 34.9 Å². The van der Waals surface area contributed by atoms with E-state index in [9.17, 15) is 13.0 Å². The van der Waals surface area contributed by atoms with Gasteiger partial charge in [-0.1, -0.05) is 0 Å². The first kappa shape index (κ1) is 22.9. The summed E-state index contributed by atoms with van der Waals surface area (Å²) in [4.78, 5) is 0. The van der Waals surface area contributed by atoms with Crippen molar-refractivity contribution in [1.29, 1.82) is 0 Å². The van der Waals surface area contributed by atoms with Crippen molar-refractivity contribution in [1.82, 2.24) is 0 Å². The van der Waals surface area contributed by atoms with Crippen molar-refractivity contribution in [2.75, 3.05) is 6.61 Å². The van der Waals surface area contributed by atoms with Crippen LogP contribution in [-0.4, -0.2) is 40.5 Å². The van der Waals surface area contributed by atoms with Gasteiger partial charge in [0.25, 0.3) is 0 Å². The van der Waals surface area contributed by atoms with E-state index < -0.39 is 10.4 Å². The molecule has 0 spiro atoms. The molecule has 1 aromatic rings. The van der Waals surface area contributed by atoms with Crippen molar-refractivity contribution in [3.8, 4) is 0 Å². The van der Waals surface area contributed by atoms with E-state index in [1.807, 2.05) is 0 Å². The summed E-state index contributed by atoms with van der Waals surface area (Å²) in [5.41, 5.74) is 0. The topological polar surface area (TPSA) is 66.4 Å². The Morgan fingerprint density at radius 3 is 2.05 bits per heavy atom. The Hall–Kier alpha value is 0.880. The quantitative estimate of drug-likeness (QED) is 0.189. The smallest absolute Gasteiger partial charge is 1.00 e. The van der Waals surface area contributed by atoms with Crippen LogP contribution in [0.15, 0.2) is 30.3 Å². The molecule has 4 nitrogen and oxygen atoms in total. The normalized spacial score (nSPS) is 11.1. The summed E-state index contributed by atoms with van der Waals surface area (Å²) in [7, 11) is -4.50. The third kappa shape index (κ3) is 14.5. The first-order chi connectivity index (χ1) is 10.1. The Morgan fingerprint density at radius 2 is 1.45 bits per heavy atom. The van der Waals surface area contributed by atoms with E-state index in [4.69, 9.17) is 0 Å². The predicted octanol–water partition coefficient (Wildman–Crippen LogP) is -0.354. The fourth-order valence-electron chi connectivity index (χ4n) is 1.96. The Labute approximate surface area is 166 Å². The zero-order chi connectivity index (χ0) is 15.4. The Bertz CT molecular complexity index is 468. The number of unbranched alkanes of at least 4 members (excludes halogenated alkanes) is 6. The Balaban J connectivity index is 0.00000441. The van der Waals surface area contributed by atoms with E-state index in [0.717, 1.165) is 12.8 Å². The van der Waals surface area contributed by atoms with Gasteiger partial charge in [0, 0.05) is 0 Å². The SMILES string of the molecule is O=S(=O)([O-])OCCCCCCCCC[Te]c1ccccc1.[Na+]. The van der Waals surface area contributed by atoms with Gasteiger partial charge in [-0.25, -0.2) is 0 Å². The first-order valence-corrected chi connectivity index (χ1v) is 11.5. The van der Waals surface area contributed by atoms with Gasteiger partial charge in [0.15, 0.2) is 0 Å². The molecule has 1 rings (SSSR count). The molecule has 0 aliphatic heterocycles. The van der Waals surface area contributed by atoms with Gasteiger partial charge in [0.05, 0.1) is 0 Å². The molecule has 22 heavy (non-hydrogen) atoms. The minimum atomic E-state index is -4.50. The van der Waals surface area contributed by atoms with Gasteiger partial charge >= 0.3 is 168 Å². The molecule has 0 aliphatic carbocycles. The minimum absolute atomic E-state index is 0. The molecule has 1 aromatic carbocycles. The van der Waals surface area contributed by atoms with Crippen LogP contribution in [0, 0.1) is 0 Å². The van der Waals surface area contributed by atoms with Gasteiger partial charge in [-0.3, -0.25) is 0 Å². The largest absolute Gasteiger partial charge is 1.00 e. The molecule has 0 heterocycles. The Morgan fingerprint density at radius 1 is 0.909 bits per heavy atom. The maximum Gasteiger partial charge on any atom is 1.00 e. The van der Waals surface area contributed by atoms with Crippen LogP contribution in [-0.2, 0) is 14.6 Å². The third-order valence-corrected chi connectivity index (χ3v) is 6.62. The van der Waals surface area contributed by atoms with E-state index in [2.05, 4.69) is 34.5 Å². The first-order valence-electron chi connectivity index (χ1n) is 7.36. The summed E-state index contributed by atoms with van der Waals surface area (Å²) in [5.74, 6) is 0. The summed E-state index contributed by atoms with van der Waals surface area (Å²) >= 11 is 0.000237. The van der Waals surface area contributed by atoms with E-state index in [-0.39, 0.29) is 57.1 Å². The molecule has 0 N–H and O–H groups in total. The second-order valence-electron chi connectivity index (χ2n) is 4.87. The van der Waals surface area contributed by atoms with Gasteiger partial charge in [-0.2, -0.15) is 0 Å². The van der Waals surface area contributed by atoms with Crippen LogP contribution in [0.2, 0.25) is 4.47 Å². The standard InChI is InChI=1S/C15H24O4STe.Na/c16-20(17,18)19-13-9-4-2-1-3-5-10-14-21-15-11-7-6-8-12-15;/h6-8,11-12H,1-5,9-10,13-14H2,(H,16,17,18);/q;+1/p-1. The maximum atomic E-state index is 10.2. The molecule has 0 saturated carbocycles. The molecule has 0 unspecified atom stereocenters. The zero-order valence-electron chi connectivity index (χ0n) is 13.2.